The number of carbonyl (C=O) groups is 3. The molecule has 1 aromatic carbocycles. The molecular formula is C30H44N2O6. The molecule has 1 amide bonds. The van der Waals surface area contributed by atoms with E-state index in [1.165, 1.54) is 6.42 Å². The van der Waals surface area contributed by atoms with Gasteiger partial charge in [0.15, 0.2) is 0 Å². The summed E-state index contributed by atoms with van der Waals surface area (Å²) in [5.74, 6) is 0.203. The van der Waals surface area contributed by atoms with Crippen molar-refractivity contribution in [3.8, 4) is 5.75 Å². The van der Waals surface area contributed by atoms with Crippen molar-refractivity contribution in [2.45, 2.75) is 97.2 Å². The molecule has 3 fully saturated rings. The number of hydrogen-bond donors (Lipinski definition) is 0. The lowest BCUT2D eigenvalue weighted by molar-refractivity contribution is -0.134. The smallest absolute Gasteiger partial charge is 0.410 e. The number of likely N-dealkylation sites (tertiary alicyclic amines) is 1. The third-order valence-corrected chi connectivity index (χ3v) is 8.04. The van der Waals surface area contributed by atoms with Crippen molar-refractivity contribution in [2.24, 2.45) is 11.8 Å². The van der Waals surface area contributed by atoms with Crippen molar-refractivity contribution in [2.75, 3.05) is 26.2 Å². The predicted molar refractivity (Wildman–Crippen MR) is 144 cm³/mol. The first-order valence-corrected chi connectivity index (χ1v) is 14.3. The Morgan fingerprint density at radius 2 is 1.82 bits per heavy atom. The molecule has 4 unspecified atom stereocenters. The molecule has 0 radical (unpaired) electrons. The molecule has 8 heteroatoms. The van der Waals surface area contributed by atoms with Gasteiger partial charge in [-0.1, -0.05) is 6.07 Å². The number of amides is 1. The maximum atomic E-state index is 13.3. The summed E-state index contributed by atoms with van der Waals surface area (Å²) < 4.78 is 16.6. The Labute approximate surface area is 227 Å². The zero-order valence-electron chi connectivity index (χ0n) is 23.7. The lowest BCUT2D eigenvalue weighted by atomic mass is 9.69. The Bertz CT molecular complexity index is 1020. The average molecular weight is 529 g/mol. The van der Waals surface area contributed by atoms with Gasteiger partial charge >= 0.3 is 18.0 Å². The molecule has 0 bridgehead atoms. The van der Waals surface area contributed by atoms with Crippen molar-refractivity contribution in [1.29, 1.82) is 0 Å². The monoisotopic (exact) mass is 528 g/mol. The molecule has 1 aromatic rings. The van der Waals surface area contributed by atoms with Gasteiger partial charge in [0.1, 0.15) is 16.9 Å². The summed E-state index contributed by atoms with van der Waals surface area (Å²) in [6.45, 7) is 12.6. The largest absolute Gasteiger partial charge is 0.462 e. The molecule has 3 aliphatic rings. The molecule has 3 aliphatic heterocycles. The standard InChI is InChI=1S/C30H44N2O6/c1-6-36-28(34)23-15-14-20(2)18-25(23)37-26(33)13-7-12-24-22-11-9-17-31-16-8-10-21(27(22)31)19-32(24)29(35)38-30(3,4)5/h14-15,18,21-22,24,27H,6-13,16-17,19H2,1-5H3. The van der Waals surface area contributed by atoms with Gasteiger partial charge < -0.3 is 19.1 Å². The maximum absolute atomic E-state index is 13.3. The van der Waals surface area contributed by atoms with E-state index in [1.807, 2.05) is 32.6 Å². The second-order valence-electron chi connectivity index (χ2n) is 12.0. The fourth-order valence-corrected chi connectivity index (χ4v) is 6.62. The third kappa shape index (κ3) is 6.68. The molecule has 4 atom stereocenters. The third-order valence-electron chi connectivity index (χ3n) is 8.04. The van der Waals surface area contributed by atoms with E-state index in [1.54, 1.807) is 25.1 Å². The number of nitrogens with zero attached hydrogens (tertiary/aromatic N) is 2. The zero-order valence-corrected chi connectivity index (χ0v) is 23.7. The summed E-state index contributed by atoms with van der Waals surface area (Å²) in [5.41, 5.74) is 0.581. The molecule has 210 valence electrons. The Balaban J connectivity index is 1.44. The fraction of sp³-hybridized carbons (Fsp3) is 0.700. The summed E-state index contributed by atoms with van der Waals surface area (Å²) in [6, 6.07) is 5.66. The first-order chi connectivity index (χ1) is 18.1. The highest BCUT2D eigenvalue weighted by Crippen LogP contribution is 2.43. The molecule has 0 aromatic heterocycles. The highest BCUT2D eigenvalue weighted by atomic mass is 16.6. The molecular weight excluding hydrogens is 484 g/mol. The molecule has 0 spiro atoms. The van der Waals surface area contributed by atoms with Crippen LogP contribution in [0.25, 0.3) is 0 Å². The highest BCUT2D eigenvalue weighted by molar-refractivity contribution is 5.93. The minimum atomic E-state index is -0.558. The summed E-state index contributed by atoms with van der Waals surface area (Å²) in [6.07, 6.45) is 5.83. The van der Waals surface area contributed by atoms with E-state index in [0.29, 0.717) is 37.3 Å². The number of rotatable bonds is 7. The second-order valence-corrected chi connectivity index (χ2v) is 12.0. The van der Waals surface area contributed by atoms with Crippen LogP contribution < -0.4 is 4.74 Å². The van der Waals surface area contributed by atoms with Crippen molar-refractivity contribution < 1.29 is 28.6 Å². The van der Waals surface area contributed by atoms with E-state index in [4.69, 9.17) is 14.2 Å². The second kappa shape index (κ2) is 12.1. The van der Waals surface area contributed by atoms with Gasteiger partial charge in [0.25, 0.3) is 0 Å². The number of esters is 2. The summed E-state index contributed by atoms with van der Waals surface area (Å²) in [5, 5.41) is 0. The minimum Gasteiger partial charge on any atom is -0.462 e. The van der Waals surface area contributed by atoms with Crippen LogP contribution in [0.1, 0.15) is 88.6 Å². The van der Waals surface area contributed by atoms with Crippen LogP contribution >= 0.6 is 0 Å². The van der Waals surface area contributed by atoms with E-state index in [-0.39, 0.29) is 42.4 Å². The van der Waals surface area contributed by atoms with Crippen LogP contribution in [0.2, 0.25) is 0 Å². The van der Waals surface area contributed by atoms with Gasteiger partial charge in [0, 0.05) is 25.0 Å². The number of ether oxygens (including phenoxy) is 3. The molecule has 3 heterocycles. The van der Waals surface area contributed by atoms with Crippen LogP contribution in [0.5, 0.6) is 5.75 Å². The van der Waals surface area contributed by atoms with Crippen LogP contribution in [0.15, 0.2) is 18.2 Å². The average Bonchev–Trinajstić information content (AvgIpc) is 2.84. The summed E-state index contributed by atoms with van der Waals surface area (Å²) >= 11 is 0. The van der Waals surface area contributed by atoms with Gasteiger partial charge in [-0.05, 0) is 116 Å². The van der Waals surface area contributed by atoms with Gasteiger partial charge in [-0.15, -0.1) is 0 Å². The Morgan fingerprint density at radius 3 is 2.53 bits per heavy atom. The first-order valence-electron chi connectivity index (χ1n) is 14.3. The predicted octanol–water partition coefficient (Wildman–Crippen LogP) is 5.36. The van der Waals surface area contributed by atoms with Crippen LogP contribution in [-0.2, 0) is 14.3 Å². The van der Waals surface area contributed by atoms with Crippen LogP contribution in [0.4, 0.5) is 4.79 Å². The Kier molecular flexibility index (Phi) is 9.01. The topological polar surface area (TPSA) is 85.4 Å². The van der Waals surface area contributed by atoms with Crippen LogP contribution in [-0.4, -0.2) is 71.8 Å². The van der Waals surface area contributed by atoms with Crippen molar-refractivity contribution >= 4 is 18.0 Å². The molecule has 4 rings (SSSR count). The van der Waals surface area contributed by atoms with E-state index < -0.39 is 11.6 Å². The minimum absolute atomic E-state index is 0.0360. The van der Waals surface area contributed by atoms with Crippen LogP contribution in [0.3, 0.4) is 0 Å². The first kappa shape index (κ1) is 28.4. The van der Waals surface area contributed by atoms with Gasteiger partial charge in [-0.2, -0.15) is 0 Å². The van der Waals surface area contributed by atoms with E-state index in [9.17, 15) is 14.4 Å². The lowest BCUT2D eigenvalue weighted by Crippen LogP contribution is -2.65. The molecule has 0 aliphatic carbocycles. The van der Waals surface area contributed by atoms with Gasteiger partial charge in [0.2, 0.25) is 0 Å². The Morgan fingerprint density at radius 1 is 1.08 bits per heavy atom. The van der Waals surface area contributed by atoms with Crippen LogP contribution in [0, 0.1) is 18.8 Å². The van der Waals surface area contributed by atoms with Crippen molar-refractivity contribution in [1.82, 2.24) is 9.80 Å². The number of piperidine rings is 3. The normalized spacial score (nSPS) is 25.3. The summed E-state index contributed by atoms with van der Waals surface area (Å²) in [4.78, 5) is 43.1. The molecule has 0 N–H and O–H groups in total. The van der Waals surface area contributed by atoms with E-state index in [2.05, 4.69) is 4.90 Å². The molecule has 0 saturated carbocycles. The number of hydrogen-bond acceptors (Lipinski definition) is 7. The van der Waals surface area contributed by atoms with Crippen molar-refractivity contribution in [3.05, 3.63) is 29.3 Å². The molecule has 38 heavy (non-hydrogen) atoms. The zero-order chi connectivity index (χ0) is 27.4. The molecule has 3 saturated heterocycles. The number of benzene rings is 1. The quantitative estimate of drug-likeness (QED) is 0.348. The highest BCUT2D eigenvalue weighted by Gasteiger charge is 2.50. The number of carbonyl (C=O) groups excluding carboxylic acids is 3. The Hall–Kier alpha value is -2.61. The van der Waals surface area contributed by atoms with Gasteiger partial charge in [-0.3, -0.25) is 9.69 Å². The fourth-order valence-electron chi connectivity index (χ4n) is 6.62. The van der Waals surface area contributed by atoms with Crippen molar-refractivity contribution in [3.63, 3.8) is 0 Å². The van der Waals surface area contributed by atoms with E-state index >= 15 is 0 Å². The lowest BCUT2D eigenvalue weighted by Gasteiger charge is -2.57. The summed E-state index contributed by atoms with van der Waals surface area (Å²) in [7, 11) is 0. The van der Waals surface area contributed by atoms with Gasteiger partial charge in [-0.25, -0.2) is 9.59 Å². The van der Waals surface area contributed by atoms with Gasteiger partial charge in [0.05, 0.1) is 6.61 Å². The molecule has 8 nitrogen and oxygen atoms in total. The SMILES string of the molecule is CCOC(=O)c1ccc(C)cc1OC(=O)CCCC1C2CCCN3CCCC(CN1C(=O)OC(C)(C)C)C23. The maximum Gasteiger partial charge on any atom is 0.410 e. The van der Waals surface area contributed by atoms with E-state index in [0.717, 1.165) is 37.9 Å². The number of aryl methyl sites for hydroxylation is 1.